The van der Waals surface area contributed by atoms with E-state index in [0.717, 1.165) is 32.7 Å². The second-order valence-electron chi connectivity index (χ2n) is 20.2. The van der Waals surface area contributed by atoms with Gasteiger partial charge in [-0.1, -0.05) is 164 Å². The van der Waals surface area contributed by atoms with Gasteiger partial charge in [0.15, 0.2) is 12.6 Å². The largest absolute Gasteiger partial charge is 0.463 e. The molecule has 15 heteroatoms. The Labute approximate surface area is 449 Å². The minimum Gasteiger partial charge on any atom is -0.463 e. The summed E-state index contributed by atoms with van der Waals surface area (Å²) in [6.07, 6.45) is -10.8. The van der Waals surface area contributed by atoms with Crippen LogP contribution in [0.1, 0.15) is 76.2 Å². The van der Waals surface area contributed by atoms with Gasteiger partial charge in [0, 0.05) is 6.92 Å². The lowest BCUT2D eigenvalue weighted by Crippen LogP contribution is -2.69. The third kappa shape index (κ3) is 14.0. The Hall–Kier alpha value is -6.92. The van der Waals surface area contributed by atoms with Gasteiger partial charge in [0.1, 0.15) is 62.0 Å². The van der Waals surface area contributed by atoms with Gasteiger partial charge < -0.3 is 47.4 Å². The molecule has 2 fully saturated rings. The lowest BCUT2D eigenvalue weighted by molar-refractivity contribution is -0.367. The van der Waals surface area contributed by atoms with E-state index < -0.39 is 90.5 Å². The van der Waals surface area contributed by atoms with Gasteiger partial charge >= 0.3 is 11.9 Å². The first-order chi connectivity index (χ1) is 37.4. The summed E-state index contributed by atoms with van der Waals surface area (Å²) >= 11 is 0. The van der Waals surface area contributed by atoms with Crippen molar-refractivity contribution in [2.24, 2.45) is 5.41 Å². The van der Waals surface area contributed by atoms with Crippen LogP contribution in [-0.2, 0) is 90.0 Å². The summed E-state index contributed by atoms with van der Waals surface area (Å²) < 4.78 is 67.6. The van der Waals surface area contributed by atoms with E-state index in [4.69, 9.17) is 47.4 Å². The average Bonchev–Trinajstić information content (AvgIpc) is 3.74. The number of esters is 2. The highest BCUT2D eigenvalue weighted by Crippen LogP contribution is 2.40. The van der Waals surface area contributed by atoms with Crippen LogP contribution in [0.2, 0.25) is 0 Å². The fraction of sp³-hybridized carbons (Fsp3) is 0.355. The summed E-state index contributed by atoms with van der Waals surface area (Å²) in [4.78, 5) is 57.6. The zero-order chi connectivity index (χ0) is 53.7. The number of rotatable bonds is 22. The molecule has 3 aliphatic heterocycles. The fourth-order valence-corrected chi connectivity index (χ4v) is 9.51. The maximum atomic E-state index is 15.0. The van der Waals surface area contributed by atoms with Crippen molar-refractivity contribution in [3.8, 4) is 0 Å². The molecule has 0 saturated carbocycles. The molecule has 0 aliphatic carbocycles. The van der Waals surface area contributed by atoms with E-state index in [0.29, 0.717) is 0 Å². The quantitative estimate of drug-likeness (QED) is 0.0467. The Morgan fingerprint density at radius 1 is 0.442 bits per heavy atom. The molecular formula is C62H65NO14. The number of fused-ring (bicyclic) bond motifs is 1. The van der Waals surface area contributed by atoms with Crippen molar-refractivity contribution in [1.82, 2.24) is 4.90 Å². The van der Waals surface area contributed by atoms with Crippen molar-refractivity contribution < 1.29 is 66.5 Å². The SMILES string of the molecule is CC(=O)OC[C@H]1O[C@@H](O[C@H]2[C@@H](OCc3ccccc3)[C@@H](COC(=O)C(C)(C)C)O[C@@H](OCc3ccccc3)[C@@H]2OCc2ccccc2)[C@H](N2C(=O)c3ccccc3C2=O)[C@@H](OCc2ccccc2)[C@@H]1OCc1ccccc1. The Morgan fingerprint density at radius 3 is 1.21 bits per heavy atom. The first kappa shape index (κ1) is 54.9. The topological polar surface area (TPSA) is 164 Å². The fourth-order valence-electron chi connectivity index (χ4n) is 9.51. The predicted octanol–water partition coefficient (Wildman–Crippen LogP) is 9.20. The molecule has 3 aliphatic rings. The second kappa shape index (κ2) is 25.9. The van der Waals surface area contributed by atoms with E-state index in [-0.39, 0.29) is 57.4 Å². The molecule has 0 unspecified atom stereocenters. The molecule has 10 atom stereocenters. The summed E-state index contributed by atoms with van der Waals surface area (Å²) in [6, 6.07) is 52.7. The summed E-state index contributed by atoms with van der Waals surface area (Å²) in [5.74, 6) is -2.30. The highest BCUT2D eigenvalue weighted by molar-refractivity contribution is 6.21. The van der Waals surface area contributed by atoms with Crippen LogP contribution in [0.25, 0.3) is 0 Å². The van der Waals surface area contributed by atoms with E-state index in [2.05, 4.69) is 0 Å². The molecule has 0 spiro atoms. The molecule has 3 heterocycles. The van der Waals surface area contributed by atoms with Crippen LogP contribution >= 0.6 is 0 Å². The van der Waals surface area contributed by atoms with Crippen LogP contribution in [0.5, 0.6) is 0 Å². The van der Waals surface area contributed by atoms with Crippen molar-refractivity contribution in [2.45, 2.75) is 122 Å². The Balaban J connectivity index is 1.20. The van der Waals surface area contributed by atoms with Crippen LogP contribution in [0, 0.1) is 5.41 Å². The second-order valence-corrected chi connectivity index (χ2v) is 20.2. The van der Waals surface area contributed by atoms with E-state index in [1.165, 1.54) is 6.92 Å². The van der Waals surface area contributed by atoms with Crippen molar-refractivity contribution in [2.75, 3.05) is 13.2 Å². The summed E-state index contributed by atoms with van der Waals surface area (Å²) in [7, 11) is 0. The first-order valence-electron chi connectivity index (χ1n) is 25.9. The summed E-state index contributed by atoms with van der Waals surface area (Å²) in [5.41, 5.74) is 3.55. The first-order valence-corrected chi connectivity index (χ1v) is 25.9. The van der Waals surface area contributed by atoms with E-state index in [1.807, 2.05) is 152 Å². The molecule has 0 aromatic heterocycles. The number of carbonyl (C=O) groups is 4. The number of imide groups is 1. The smallest absolute Gasteiger partial charge is 0.311 e. The van der Waals surface area contributed by atoms with E-state index in [9.17, 15) is 9.59 Å². The van der Waals surface area contributed by atoms with Crippen molar-refractivity contribution in [1.29, 1.82) is 0 Å². The van der Waals surface area contributed by atoms with E-state index in [1.54, 1.807) is 45.0 Å². The molecule has 0 bridgehead atoms. The van der Waals surface area contributed by atoms with Gasteiger partial charge in [0.2, 0.25) is 0 Å². The molecule has 77 heavy (non-hydrogen) atoms. The predicted molar refractivity (Wildman–Crippen MR) is 281 cm³/mol. The van der Waals surface area contributed by atoms with Gasteiger partial charge in [-0.15, -0.1) is 0 Å². The monoisotopic (exact) mass is 1050 g/mol. The molecule has 9 rings (SSSR count). The number of hydrogen-bond donors (Lipinski definition) is 0. The van der Waals surface area contributed by atoms with Crippen molar-refractivity contribution in [3.63, 3.8) is 0 Å². The number of amides is 2. The number of hydrogen-bond acceptors (Lipinski definition) is 14. The van der Waals surface area contributed by atoms with Gasteiger partial charge in [-0.05, 0) is 60.7 Å². The van der Waals surface area contributed by atoms with Crippen molar-refractivity contribution >= 4 is 23.8 Å². The van der Waals surface area contributed by atoms with Gasteiger partial charge in [0.05, 0.1) is 49.6 Å². The molecular weight excluding hydrogens is 983 g/mol. The maximum absolute atomic E-state index is 15.0. The zero-order valence-electron chi connectivity index (χ0n) is 43.6. The van der Waals surface area contributed by atoms with Gasteiger partial charge in [0.25, 0.3) is 11.8 Å². The van der Waals surface area contributed by atoms with Gasteiger partial charge in [-0.25, -0.2) is 0 Å². The molecule has 0 radical (unpaired) electrons. The Bertz CT molecular complexity index is 2820. The lowest BCUT2D eigenvalue weighted by Gasteiger charge is -2.51. The average molecular weight is 1050 g/mol. The number of ether oxygens (including phenoxy) is 10. The summed E-state index contributed by atoms with van der Waals surface area (Å²) in [6.45, 7) is 6.14. The van der Waals surface area contributed by atoms with Crippen LogP contribution in [0.4, 0.5) is 0 Å². The number of nitrogens with zero attached hydrogens (tertiary/aromatic N) is 1. The van der Waals surface area contributed by atoms with Crippen LogP contribution in [0.15, 0.2) is 176 Å². The highest BCUT2D eigenvalue weighted by Gasteiger charge is 2.59. The van der Waals surface area contributed by atoms with Crippen LogP contribution < -0.4 is 0 Å². The van der Waals surface area contributed by atoms with Gasteiger partial charge in [-0.2, -0.15) is 0 Å². The Morgan fingerprint density at radius 2 is 0.792 bits per heavy atom. The zero-order valence-corrected chi connectivity index (χ0v) is 43.6. The number of benzene rings is 6. The Kier molecular flexibility index (Phi) is 18.5. The third-order valence-electron chi connectivity index (χ3n) is 13.5. The molecule has 2 saturated heterocycles. The van der Waals surface area contributed by atoms with Crippen molar-refractivity contribution in [3.05, 3.63) is 215 Å². The molecule has 6 aromatic rings. The molecule has 0 N–H and O–H groups in total. The van der Waals surface area contributed by atoms with Crippen LogP contribution in [-0.4, -0.2) is 103 Å². The molecule has 402 valence electrons. The highest BCUT2D eigenvalue weighted by atomic mass is 16.8. The molecule has 2 amide bonds. The molecule has 6 aromatic carbocycles. The maximum Gasteiger partial charge on any atom is 0.311 e. The van der Waals surface area contributed by atoms with E-state index >= 15 is 9.59 Å². The summed E-state index contributed by atoms with van der Waals surface area (Å²) in [5, 5.41) is 0. The van der Waals surface area contributed by atoms with Gasteiger partial charge in [-0.3, -0.25) is 24.1 Å². The number of carbonyl (C=O) groups excluding carboxylic acids is 4. The minimum atomic E-state index is -1.59. The normalized spacial score (nSPS) is 24.3. The standard InChI is InChI=1S/C62H65NO14/c1-41(64)68-39-49-52(69-34-42-22-10-5-11-23-42)54(71-36-44-26-14-7-15-27-44)51(63-57(65)47-32-20-21-33-48(47)58(63)66)59(75-49)77-55-53(70-35-43-24-12-6-13-25-43)50(40-74-61(67)62(2,3)4)76-60(73-38-46-30-18-9-19-31-46)56(55)72-37-45-28-16-8-17-29-45/h5-33,49-56,59-60H,34-40H2,1-4H3/t49-,50-,51-,52-,53+,54-,55+,56-,59+,60-/m1/s1. The molecule has 15 nitrogen and oxygen atoms in total. The minimum absolute atomic E-state index is 0.00287. The lowest BCUT2D eigenvalue weighted by atomic mass is 9.93. The van der Waals surface area contributed by atoms with Crippen LogP contribution in [0.3, 0.4) is 0 Å². The third-order valence-corrected chi connectivity index (χ3v) is 13.5.